The monoisotopic (exact) mass is 352 g/mol. The van der Waals surface area contributed by atoms with E-state index < -0.39 is 16.9 Å². The normalized spacial score (nSPS) is 17.6. The Balaban J connectivity index is 2.16. The standard InChI is InChI=1S/C16H20N2O7/c1-23-14-4-3-10(8-13(14)18(21)22)7-12(16(20)24-2)17-15(19)11-5-6-25-9-11/h3-4,8,11-12H,5-7,9H2,1-2H3,(H,17,19)/t11-,12+/m0/s1. The number of nitro groups is 1. The molecule has 1 aliphatic heterocycles. The predicted octanol–water partition coefficient (Wildman–Crippen LogP) is 0.840. The number of benzene rings is 1. The molecule has 1 fully saturated rings. The van der Waals surface area contributed by atoms with E-state index in [1.54, 1.807) is 6.07 Å². The van der Waals surface area contributed by atoms with Crippen molar-refractivity contribution in [3.8, 4) is 5.75 Å². The van der Waals surface area contributed by atoms with Crippen LogP contribution in [-0.4, -0.2) is 50.3 Å². The molecule has 1 aliphatic rings. The lowest BCUT2D eigenvalue weighted by Crippen LogP contribution is -2.45. The second-order valence-corrected chi connectivity index (χ2v) is 5.61. The Kier molecular flexibility index (Phi) is 6.29. The number of carbonyl (C=O) groups excluding carboxylic acids is 2. The van der Waals surface area contributed by atoms with Gasteiger partial charge in [-0.3, -0.25) is 14.9 Å². The zero-order valence-electron chi connectivity index (χ0n) is 14.0. The average Bonchev–Trinajstić information content (AvgIpc) is 3.15. The van der Waals surface area contributed by atoms with Crippen molar-refractivity contribution in [2.45, 2.75) is 18.9 Å². The van der Waals surface area contributed by atoms with Gasteiger partial charge in [-0.15, -0.1) is 0 Å². The number of nitro benzene ring substituents is 1. The zero-order valence-corrected chi connectivity index (χ0v) is 14.0. The molecule has 9 nitrogen and oxygen atoms in total. The van der Waals surface area contributed by atoms with Crippen LogP contribution < -0.4 is 10.1 Å². The van der Waals surface area contributed by atoms with E-state index in [0.29, 0.717) is 25.2 Å². The van der Waals surface area contributed by atoms with Crippen molar-refractivity contribution in [3.05, 3.63) is 33.9 Å². The zero-order chi connectivity index (χ0) is 18.4. The molecule has 9 heteroatoms. The van der Waals surface area contributed by atoms with E-state index in [1.165, 1.54) is 26.4 Å². The number of nitrogens with zero attached hydrogens (tertiary/aromatic N) is 1. The molecule has 0 radical (unpaired) electrons. The lowest BCUT2D eigenvalue weighted by Gasteiger charge is -2.18. The first kappa shape index (κ1) is 18.7. The Hall–Kier alpha value is -2.68. The molecular weight excluding hydrogens is 332 g/mol. The largest absolute Gasteiger partial charge is 0.490 e. The van der Waals surface area contributed by atoms with Gasteiger partial charge in [0.25, 0.3) is 0 Å². The summed E-state index contributed by atoms with van der Waals surface area (Å²) < 4.78 is 14.8. The maximum Gasteiger partial charge on any atom is 0.328 e. The third-order valence-electron chi connectivity index (χ3n) is 3.98. The van der Waals surface area contributed by atoms with Crippen molar-refractivity contribution in [2.75, 3.05) is 27.4 Å². The minimum atomic E-state index is -0.939. The second kappa shape index (κ2) is 8.43. The molecule has 0 aromatic heterocycles. The van der Waals surface area contributed by atoms with Crippen LogP contribution in [0.4, 0.5) is 5.69 Å². The predicted molar refractivity (Wildman–Crippen MR) is 86.2 cm³/mol. The van der Waals surface area contributed by atoms with Gasteiger partial charge in [0, 0.05) is 19.1 Å². The molecule has 0 bridgehead atoms. The van der Waals surface area contributed by atoms with Crippen molar-refractivity contribution in [3.63, 3.8) is 0 Å². The van der Waals surface area contributed by atoms with Crippen LogP contribution in [0.1, 0.15) is 12.0 Å². The Bertz CT molecular complexity index is 656. The summed E-state index contributed by atoms with van der Waals surface area (Å²) in [5, 5.41) is 13.8. The molecule has 1 N–H and O–H groups in total. The van der Waals surface area contributed by atoms with E-state index in [-0.39, 0.29) is 29.7 Å². The SMILES string of the molecule is COC(=O)[C@@H](Cc1ccc(OC)c([N+](=O)[O-])c1)NC(=O)[C@H]1CCOC1. The summed E-state index contributed by atoms with van der Waals surface area (Å²) in [7, 11) is 2.56. The molecule has 1 aromatic rings. The summed E-state index contributed by atoms with van der Waals surface area (Å²) in [6.07, 6.45) is 0.657. The number of ether oxygens (including phenoxy) is 3. The van der Waals surface area contributed by atoms with Crippen LogP contribution in [0.3, 0.4) is 0 Å². The van der Waals surface area contributed by atoms with Gasteiger partial charge >= 0.3 is 11.7 Å². The van der Waals surface area contributed by atoms with Crippen LogP contribution in [0.2, 0.25) is 0 Å². The minimum Gasteiger partial charge on any atom is -0.490 e. The number of methoxy groups -OCH3 is 2. The lowest BCUT2D eigenvalue weighted by atomic mass is 10.0. The first-order valence-corrected chi connectivity index (χ1v) is 7.73. The number of amides is 1. The molecule has 2 rings (SSSR count). The van der Waals surface area contributed by atoms with Crippen molar-refractivity contribution >= 4 is 17.6 Å². The molecule has 0 spiro atoms. The molecule has 1 saturated heterocycles. The molecule has 0 aliphatic carbocycles. The maximum absolute atomic E-state index is 12.2. The van der Waals surface area contributed by atoms with E-state index in [4.69, 9.17) is 14.2 Å². The van der Waals surface area contributed by atoms with E-state index in [1.807, 2.05) is 0 Å². The van der Waals surface area contributed by atoms with Gasteiger partial charge in [-0.1, -0.05) is 6.07 Å². The Morgan fingerprint density at radius 2 is 2.20 bits per heavy atom. The molecule has 1 aromatic carbocycles. The van der Waals surface area contributed by atoms with Crippen LogP contribution in [0.25, 0.3) is 0 Å². The highest BCUT2D eigenvalue weighted by Crippen LogP contribution is 2.28. The maximum atomic E-state index is 12.2. The quantitative estimate of drug-likeness (QED) is 0.439. The highest BCUT2D eigenvalue weighted by molar-refractivity contribution is 5.86. The summed E-state index contributed by atoms with van der Waals surface area (Å²) in [6, 6.07) is 3.44. The fraction of sp³-hybridized carbons (Fsp3) is 0.500. The summed E-state index contributed by atoms with van der Waals surface area (Å²) in [5.41, 5.74) is 0.296. The molecule has 136 valence electrons. The summed E-state index contributed by atoms with van der Waals surface area (Å²) in [4.78, 5) is 34.7. The fourth-order valence-corrected chi connectivity index (χ4v) is 2.61. The Labute approximate surface area is 144 Å². The van der Waals surface area contributed by atoms with Crippen LogP contribution in [0.5, 0.6) is 5.75 Å². The van der Waals surface area contributed by atoms with Crippen LogP contribution in [-0.2, 0) is 25.5 Å². The van der Waals surface area contributed by atoms with Crippen LogP contribution >= 0.6 is 0 Å². The van der Waals surface area contributed by atoms with Crippen LogP contribution in [0.15, 0.2) is 18.2 Å². The third kappa shape index (κ3) is 4.66. The van der Waals surface area contributed by atoms with Crippen molar-refractivity contribution < 1.29 is 28.7 Å². The van der Waals surface area contributed by atoms with Gasteiger partial charge in [0.1, 0.15) is 6.04 Å². The van der Waals surface area contributed by atoms with Crippen LogP contribution in [0, 0.1) is 16.0 Å². The Morgan fingerprint density at radius 3 is 2.76 bits per heavy atom. The number of nitrogens with one attached hydrogen (secondary N) is 1. The molecule has 1 amide bonds. The van der Waals surface area contributed by atoms with Gasteiger partial charge in [-0.05, 0) is 18.1 Å². The average molecular weight is 352 g/mol. The summed E-state index contributed by atoms with van der Waals surface area (Å²) in [6.45, 7) is 0.819. The number of hydrogen-bond donors (Lipinski definition) is 1. The molecular formula is C16H20N2O7. The fourth-order valence-electron chi connectivity index (χ4n) is 2.61. The van der Waals surface area contributed by atoms with E-state index >= 15 is 0 Å². The van der Waals surface area contributed by atoms with Gasteiger partial charge in [-0.2, -0.15) is 0 Å². The van der Waals surface area contributed by atoms with Gasteiger partial charge in [-0.25, -0.2) is 4.79 Å². The topological polar surface area (TPSA) is 117 Å². The molecule has 2 atom stereocenters. The van der Waals surface area contributed by atoms with Crippen molar-refractivity contribution in [2.24, 2.45) is 5.92 Å². The van der Waals surface area contributed by atoms with Gasteiger partial charge in [0.15, 0.2) is 5.75 Å². The molecule has 0 unspecified atom stereocenters. The number of hydrogen-bond acceptors (Lipinski definition) is 7. The van der Waals surface area contributed by atoms with E-state index in [9.17, 15) is 19.7 Å². The summed E-state index contributed by atoms with van der Waals surface area (Å²) >= 11 is 0. The third-order valence-corrected chi connectivity index (χ3v) is 3.98. The van der Waals surface area contributed by atoms with Gasteiger partial charge in [0.05, 0.1) is 31.7 Å². The van der Waals surface area contributed by atoms with Gasteiger partial charge in [0.2, 0.25) is 5.91 Å². The lowest BCUT2D eigenvalue weighted by molar-refractivity contribution is -0.385. The molecule has 1 heterocycles. The molecule has 0 saturated carbocycles. The number of carbonyl (C=O) groups is 2. The van der Waals surface area contributed by atoms with Gasteiger partial charge < -0.3 is 19.5 Å². The van der Waals surface area contributed by atoms with Crippen molar-refractivity contribution in [1.29, 1.82) is 0 Å². The smallest absolute Gasteiger partial charge is 0.328 e. The molecule has 25 heavy (non-hydrogen) atoms. The second-order valence-electron chi connectivity index (χ2n) is 5.61. The van der Waals surface area contributed by atoms with E-state index in [0.717, 1.165) is 0 Å². The van der Waals surface area contributed by atoms with Crippen molar-refractivity contribution in [1.82, 2.24) is 5.32 Å². The minimum absolute atomic E-state index is 0.0663. The van der Waals surface area contributed by atoms with E-state index in [2.05, 4.69) is 5.32 Å². The number of esters is 1. The summed E-state index contributed by atoms with van der Waals surface area (Å²) in [5.74, 6) is -1.10. The first-order valence-electron chi connectivity index (χ1n) is 7.73. The highest BCUT2D eigenvalue weighted by Gasteiger charge is 2.29. The Morgan fingerprint density at radius 1 is 1.44 bits per heavy atom. The first-order chi connectivity index (χ1) is 12.0. The number of rotatable bonds is 7. The highest BCUT2D eigenvalue weighted by atomic mass is 16.6.